The van der Waals surface area contributed by atoms with Gasteiger partial charge in [-0.1, -0.05) is 0 Å². The third-order valence-corrected chi connectivity index (χ3v) is 1.91. The van der Waals surface area contributed by atoms with Crippen molar-refractivity contribution in [3.63, 3.8) is 0 Å². The number of nitrogens with zero attached hydrogens (tertiary/aromatic N) is 1. The largest absolute Gasteiger partial charge is 0.379 e. The Labute approximate surface area is 92.2 Å². The van der Waals surface area contributed by atoms with E-state index in [9.17, 15) is 4.79 Å². The highest BCUT2D eigenvalue weighted by atomic mass is 16.5. The molecule has 0 saturated carbocycles. The van der Waals surface area contributed by atoms with Crippen molar-refractivity contribution in [1.29, 1.82) is 0 Å². The van der Waals surface area contributed by atoms with E-state index in [-0.39, 0.29) is 5.91 Å². The lowest BCUT2D eigenvalue weighted by molar-refractivity contribution is -0.120. The summed E-state index contributed by atoms with van der Waals surface area (Å²) in [5, 5.41) is 5.71. The van der Waals surface area contributed by atoms with E-state index in [1.165, 1.54) is 0 Å². The Morgan fingerprint density at radius 2 is 2.00 bits per heavy atom. The Kier molecular flexibility index (Phi) is 9.46. The van der Waals surface area contributed by atoms with Crippen LogP contribution in [0, 0.1) is 0 Å². The Balaban J connectivity index is 3.02. The summed E-state index contributed by atoms with van der Waals surface area (Å²) in [7, 11) is 5.68. The second kappa shape index (κ2) is 9.89. The highest BCUT2D eigenvalue weighted by Crippen LogP contribution is 1.79. The molecule has 0 radical (unpaired) electrons. The van der Waals surface area contributed by atoms with E-state index >= 15 is 0 Å². The molecule has 0 bridgehead atoms. The zero-order valence-electron chi connectivity index (χ0n) is 10.0. The van der Waals surface area contributed by atoms with Crippen LogP contribution in [0.1, 0.15) is 6.42 Å². The molecule has 1 amide bonds. The Bertz CT molecular complexity index is 163. The number of carbonyl (C=O) groups is 1. The summed E-state index contributed by atoms with van der Waals surface area (Å²) in [6.07, 6.45) is 0.522. The molecule has 0 aliphatic carbocycles. The third-order valence-electron chi connectivity index (χ3n) is 1.91. The number of hydrogen-bond donors (Lipinski definition) is 2. The number of hydrogen-bond acceptors (Lipinski definition) is 4. The SMILES string of the molecule is CNC(=O)CCNCCOCCN(C)C. The first-order valence-electron chi connectivity index (χ1n) is 5.30. The molecule has 0 aromatic heterocycles. The van der Waals surface area contributed by atoms with E-state index in [0.717, 1.165) is 19.7 Å². The van der Waals surface area contributed by atoms with E-state index in [1.54, 1.807) is 7.05 Å². The van der Waals surface area contributed by atoms with Crippen molar-refractivity contribution in [2.24, 2.45) is 0 Å². The molecule has 0 saturated heterocycles. The number of likely N-dealkylation sites (N-methyl/N-ethyl adjacent to an activating group) is 1. The van der Waals surface area contributed by atoms with Gasteiger partial charge in [-0.05, 0) is 14.1 Å². The molecular weight excluding hydrogens is 194 g/mol. The Morgan fingerprint density at radius 3 is 2.60 bits per heavy atom. The van der Waals surface area contributed by atoms with Crippen LogP contribution in [0.3, 0.4) is 0 Å². The van der Waals surface area contributed by atoms with Gasteiger partial charge in [-0.25, -0.2) is 0 Å². The molecule has 0 aliphatic rings. The number of nitrogens with one attached hydrogen (secondary N) is 2. The zero-order chi connectivity index (χ0) is 11.5. The van der Waals surface area contributed by atoms with Gasteiger partial charge in [0.2, 0.25) is 5.91 Å². The molecule has 5 nitrogen and oxygen atoms in total. The Hall–Kier alpha value is -0.650. The fourth-order valence-corrected chi connectivity index (χ4v) is 0.945. The predicted octanol–water partition coefficient (Wildman–Crippen LogP) is -0.710. The van der Waals surface area contributed by atoms with Crippen molar-refractivity contribution in [3.8, 4) is 0 Å². The quantitative estimate of drug-likeness (QED) is 0.501. The van der Waals surface area contributed by atoms with Crippen LogP contribution in [0.25, 0.3) is 0 Å². The van der Waals surface area contributed by atoms with Crippen molar-refractivity contribution >= 4 is 5.91 Å². The number of carbonyl (C=O) groups excluding carboxylic acids is 1. The van der Waals surface area contributed by atoms with E-state index in [4.69, 9.17) is 4.74 Å². The summed E-state index contributed by atoms with van der Waals surface area (Å²) in [5.41, 5.74) is 0. The average molecular weight is 217 g/mol. The maximum absolute atomic E-state index is 10.8. The van der Waals surface area contributed by atoms with Gasteiger partial charge in [0.25, 0.3) is 0 Å². The van der Waals surface area contributed by atoms with Crippen molar-refractivity contribution in [2.75, 3.05) is 54.0 Å². The minimum Gasteiger partial charge on any atom is -0.379 e. The molecule has 90 valence electrons. The maximum Gasteiger partial charge on any atom is 0.221 e. The molecule has 0 unspecified atom stereocenters. The smallest absolute Gasteiger partial charge is 0.221 e. The molecule has 0 aromatic rings. The molecule has 0 fully saturated rings. The molecular formula is C10H23N3O2. The Morgan fingerprint density at radius 1 is 1.27 bits per heavy atom. The maximum atomic E-state index is 10.8. The second-order valence-corrected chi connectivity index (χ2v) is 3.59. The average Bonchev–Trinajstić information content (AvgIpc) is 2.21. The first kappa shape index (κ1) is 14.3. The standard InChI is InChI=1S/C10H23N3O2/c1-11-10(14)4-5-12-6-8-15-9-7-13(2)3/h12H,4-9H2,1-3H3,(H,11,14). The van der Waals surface area contributed by atoms with Gasteiger partial charge in [0.1, 0.15) is 0 Å². The van der Waals surface area contributed by atoms with Gasteiger partial charge >= 0.3 is 0 Å². The van der Waals surface area contributed by atoms with E-state index < -0.39 is 0 Å². The molecule has 5 heteroatoms. The predicted molar refractivity (Wildman–Crippen MR) is 60.9 cm³/mol. The summed E-state index contributed by atoms with van der Waals surface area (Å²) in [5.74, 6) is 0.0658. The third kappa shape index (κ3) is 11.3. The molecule has 0 rings (SSSR count). The highest BCUT2D eigenvalue weighted by molar-refractivity contribution is 5.75. The van der Waals surface area contributed by atoms with E-state index in [2.05, 4.69) is 15.5 Å². The van der Waals surface area contributed by atoms with Crippen molar-refractivity contribution < 1.29 is 9.53 Å². The second-order valence-electron chi connectivity index (χ2n) is 3.59. The van der Waals surface area contributed by atoms with Crippen molar-refractivity contribution in [2.45, 2.75) is 6.42 Å². The minimum absolute atomic E-state index is 0.0658. The van der Waals surface area contributed by atoms with Crippen LogP contribution in [0.4, 0.5) is 0 Å². The first-order valence-corrected chi connectivity index (χ1v) is 5.30. The lowest BCUT2D eigenvalue weighted by Gasteiger charge is -2.10. The van der Waals surface area contributed by atoms with Crippen LogP contribution >= 0.6 is 0 Å². The van der Waals surface area contributed by atoms with Crippen LogP contribution in [-0.4, -0.2) is 64.8 Å². The molecule has 0 heterocycles. The topological polar surface area (TPSA) is 53.6 Å². The molecule has 2 N–H and O–H groups in total. The molecule has 0 aromatic carbocycles. The van der Waals surface area contributed by atoms with Crippen LogP contribution in [0.5, 0.6) is 0 Å². The summed E-state index contributed by atoms with van der Waals surface area (Å²) < 4.78 is 5.37. The number of ether oxygens (including phenoxy) is 1. The van der Waals surface area contributed by atoms with Gasteiger partial charge in [0.15, 0.2) is 0 Å². The van der Waals surface area contributed by atoms with E-state index in [1.807, 2.05) is 14.1 Å². The summed E-state index contributed by atoms with van der Waals surface area (Å²) in [4.78, 5) is 12.9. The van der Waals surface area contributed by atoms with Gasteiger partial charge in [0.05, 0.1) is 13.2 Å². The number of rotatable bonds is 9. The van der Waals surface area contributed by atoms with Gasteiger partial charge in [-0.2, -0.15) is 0 Å². The normalized spacial score (nSPS) is 10.7. The van der Waals surface area contributed by atoms with Crippen LogP contribution < -0.4 is 10.6 Å². The van der Waals surface area contributed by atoms with Crippen molar-refractivity contribution in [1.82, 2.24) is 15.5 Å². The van der Waals surface area contributed by atoms with Gasteiger partial charge in [-0.3, -0.25) is 4.79 Å². The minimum atomic E-state index is 0.0658. The van der Waals surface area contributed by atoms with Gasteiger partial charge in [0, 0.05) is 33.1 Å². The fraction of sp³-hybridized carbons (Fsp3) is 0.900. The zero-order valence-corrected chi connectivity index (χ0v) is 10.0. The molecule has 0 spiro atoms. The summed E-state index contributed by atoms with van der Waals surface area (Å²) >= 11 is 0. The first-order chi connectivity index (χ1) is 7.16. The summed E-state index contributed by atoms with van der Waals surface area (Å²) in [6, 6.07) is 0. The fourth-order valence-electron chi connectivity index (χ4n) is 0.945. The van der Waals surface area contributed by atoms with Crippen LogP contribution in [0.2, 0.25) is 0 Å². The lowest BCUT2D eigenvalue weighted by atomic mass is 10.4. The molecule has 0 atom stereocenters. The van der Waals surface area contributed by atoms with Crippen LogP contribution in [0.15, 0.2) is 0 Å². The van der Waals surface area contributed by atoms with Crippen molar-refractivity contribution in [3.05, 3.63) is 0 Å². The van der Waals surface area contributed by atoms with Crippen LogP contribution in [-0.2, 0) is 9.53 Å². The molecule has 0 aliphatic heterocycles. The highest BCUT2D eigenvalue weighted by Gasteiger charge is 1.96. The monoisotopic (exact) mass is 217 g/mol. The summed E-state index contributed by atoms with van der Waals surface area (Å²) in [6.45, 7) is 3.89. The van der Waals surface area contributed by atoms with E-state index in [0.29, 0.717) is 19.6 Å². The number of amides is 1. The van der Waals surface area contributed by atoms with Gasteiger partial charge in [-0.15, -0.1) is 0 Å². The lowest BCUT2D eigenvalue weighted by Crippen LogP contribution is -2.27. The molecule has 15 heavy (non-hydrogen) atoms. The van der Waals surface area contributed by atoms with Gasteiger partial charge < -0.3 is 20.3 Å².